The van der Waals surface area contributed by atoms with Crippen LogP contribution in [0.3, 0.4) is 0 Å². The lowest BCUT2D eigenvalue weighted by molar-refractivity contribution is 0.0945. The van der Waals surface area contributed by atoms with E-state index in [4.69, 9.17) is 0 Å². The highest BCUT2D eigenvalue weighted by atomic mass is 32.2. The molecule has 1 aliphatic rings. The summed E-state index contributed by atoms with van der Waals surface area (Å²) in [6.07, 6.45) is 1.48. The minimum atomic E-state index is -4.08. The van der Waals surface area contributed by atoms with E-state index in [0.717, 1.165) is 12.8 Å². The minimum Gasteiger partial charge on any atom is -0.367 e. The third kappa shape index (κ3) is 3.84. The van der Waals surface area contributed by atoms with Gasteiger partial charge >= 0.3 is 0 Å². The Labute approximate surface area is 161 Å². The van der Waals surface area contributed by atoms with E-state index < -0.39 is 21.6 Å². The molecule has 0 aliphatic heterocycles. The van der Waals surface area contributed by atoms with Gasteiger partial charge in [0.1, 0.15) is 5.70 Å². The Bertz CT molecular complexity index is 848. The average molecular weight is 393 g/mol. The molecule has 0 fully saturated rings. The lowest BCUT2D eigenvalue weighted by atomic mass is 9.91. The molecular formula is C20H28N2O4S. The number of fused-ring (bicyclic) bond motifs is 1. The van der Waals surface area contributed by atoms with Crippen LogP contribution in [0.5, 0.6) is 0 Å². The quantitative estimate of drug-likeness (QED) is 0.646. The zero-order valence-corrected chi connectivity index (χ0v) is 17.3. The number of carbonyl (C=O) groups is 2. The average Bonchev–Trinajstić information content (AvgIpc) is 2.65. The van der Waals surface area contributed by atoms with Gasteiger partial charge in [-0.1, -0.05) is 52.0 Å². The molecule has 0 heterocycles. The van der Waals surface area contributed by atoms with E-state index in [1.54, 1.807) is 36.9 Å². The van der Waals surface area contributed by atoms with Crippen molar-refractivity contribution in [3.63, 3.8) is 0 Å². The number of hydrogen-bond acceptors (Lipinski definition) is 5. The fourth-order valence-corrected chi connectivity index (χ4v) is 5.18. The van der Waals surface area contributed by atoms with Crippen molar-refractivity contribution in [3.05, 3.63) is 46.0 Å². The van der Waals surface area contributed by atoms with Gasteiger partial charge in [0, 0.05) is 37.3 Å². The van der Waals surface area contributed by atoms with Gasteiger partial charge in [-0.3, -0.25) is 9.59 Å². The van der Waals surface area contributed by atoms with Crippen LogP contribution in [0.1, 0.15) is 61.3 Å². The highest BCUT2D eigenvalue weighted by Crippen LogP contribution is 2.33. The molecule has 7 heteroatoms. The number of nitrogens with zero attached hydrogens (tertiary/aromatic N) is 2. The molecule has 27 heavy (non-hydrogen) atoms. The summed E-state index contributed by atoms with van der Waals surface area (Å²) >= 11 is 0. The summed E-state index contributed by atoms with van der Waals surface area (Å²) < 4.78 is 27.8. The van der Waals surface area contributed by atoms with Crippen LogP contribution in [0.4, 0.5) is 0 Å². The molecule has 0 aromatic heterocycles. The number of sulfonamides is 1. The van der Waals surface area contributed by atoms with Crippen LogP contribution in [-0.4, -0.2) is 55.4 Å². The maximum Gasteiger partial charge on any atom is 0.249 e. The van der Waals surface area contributed by atoms with Crippen molar-refractivity contribution >= 4 is 21.6 Å². The Kier molecular flexibility index (Phi) is 6.95. The number of Topliss-reactive ketones (excluding diaryl/α,β-unsaturated/α-hetero) is 2. The summed E-state index contributed by atoms with van der Waals surface area (Å²) in [7, 11) is -4.08. The lowest BCUT2D eigenvalue weighted by Gasteiger charge is -2.32. The highest BCUT2D eigenvalue weighted by Gasteiger charge is 2.42. The zero-order valence-electron chi connectivity index (χ0n) is 16.5. The lowest BCUT2D eigenvalue weighted by Crippen LogP contribution is -2.41. The fourth-order valence-electron chi connectivity index (χ4n) is 3.43. The van der Waals surface area contributed by atoms with E-state index in [0.29, 0.717) is 13.1 Å². The third-order valence-electron chi connectivity index (χ3n) is 4.66. The highest BCUT2D eigenvalue weighted by molar-refractivity contribution is 7.94. The number of benzene rings is 1. The summed E-state index contributed by atoms with van der Waals surface area (Å²) in [4.78, 5) is 27.9. The second kappa shape index (κ2) is 8.80. The van der Waals surface area contributed by atoms with Crippen molar-refractivity contribution in [1.82, 2.24) is 9.21 Å². The number of carbonyl (C=O) groups excluding carboxylic acids is 2. The number of ketones is 2. The van der Waals surface area contributed by atoms with E-state index in [9.17, 15) is 18.0 Å². The fraction of sp³-hybridized carbons (Fsp3) is 0.500. The van der Waals surface area contributed by atoms with Crippen molar-refractivity contribution < 1.29 is 18.0 Å². The first-order valence-electron chi connectivity index (χ1n) is 9.52. The molecule has 1 aromatic rings. The molecule has 0 spiro atoms. The molecule has 1 aliphatic carbocycles. The van der Waals surface area contributed by atoms with Crippen LogP contribution in [0, 0.1) is 0 Å². The second-order valence-corrected chi connectivity index (χ2v) is 8.33. The molecule has 0 saturated carbocycles. The van der Waals surface area contributed by atoms with Gasteiger partial charge in [0.25, 0.3) is 0 Å². The Balaban J connectivity index is 2.81. The second-order valence-electron chi connectivity index (χ2n) is 6.46. The van der Waals surface area contributed by atoms with Gasteiger partial charge in [-0.15, -0.1) is 0 Å². The van der Waals surface area contributed by atoms with Crippen molar-refractivity contribution in [2.24, 2.45) is 0 Å². The summed E-state index contributed by atoms with van der Waals surface area (Å²) in [5.74, 6) is -0.984. The smallest absolute Gasteiger partial charge is 0.249 e. The SMILES string of the molecule is CCCN(CCC)C1=C(S(=O)(=O)N(CC)CC)C(=O)c2ccccc2C1=O. The predicted octanol–water partition coefficient (Wildman–Crippen LogP) is 3.07. The van der Waals surface area contributed by atoms with E-state index >= 15 is 0 Å². The first-order chi connectivity index (χ1) is 12.8. The first kappa shape index (κ1) is 21.3. The van der Waals surface area contributed by atoms with Crippen molar-refractivity contribution in [2.45, 2.75) is 40.5 Å². The molecular weight excluding hydrogens is 364 g/mol. The third-order valence-corrected chi connectivity index (χ3v) is 6.75. The number of hydrogen-bond donors (Lipinski definition) is 0. The number of allylic oxidation sites excluding steroid dienone is 2. The number of rotatable bonds is 9. The van der Waals surface area contributed by atoms with Gasteiger partial charge in [0.15, 0.2) is 4.91 Å². The Hall–Kier alpha value is -1.99. The maximum absolute atomic E-state index is 13.3. The normalized spacial score (nSPS) is 14.7. The summed E-state index contributed by atoms with van der Waals surface area (Å²) in [6.45, 7) is 8.87. The van der Waals surface area contributed by atoms with Crippen LogP contribution in [-0.2, 0) is 10.0 Å². The summed E-state index contributed by atoms with van der Waals surface area (Å²) in [6, 6.07) is 6.45. The van der Waals surface area contributed by atoms with E-state index in [2.05, 4.69) is 0 Å². The van der Waals surface area contributed by atoms with Gasteiger partial charge in [0.05, 0.1) is 0 Å². The Morgan fingerprint density at radius 3 is 1.74 bits per heavy atom. The van der Waals surface area contributed by atoms with Crippen molar-refractivity contribution in [3.8, 4) is 0 Å². The molecule has 2 rings (SSSR count). The van der Waals surface area contributed by atoms with Crippen LogP contribution < -0.4 is 0 Å². The molecule has 6 nitrogen and oxygen atoms in total. The Morgan fingerprint density at radius 2 is 1.30 bits per heavy atom. The van der Waals surface area contributed by atoms with Crippen LogP contribution in [0.25, 0.3) is 0 Å². The van der Waals surface area contributed by atoms with E-state index in [-0.39, 0.29) is 34.8 Å². The molecule has 0 amide bonds. The molecule has 0 bridgehead atoms. The molecule has 0 N–H and O–H groups in total. The molecule has 0 unspecified atom stereocenters. The van der Waals surface area contributed by atoms with E-state index in [1.165, 1.54) is 10.4 Å². The molecule has 148 valence electrons. The van der Waals surface area contributed by atoms with Gasteiger partial charge in [-0.25, -0.2) is 8.42 Å². The van der Waals surface area contributed by atoms with Gasteiger partial charge in [-0.2, -0.15) is 4.31 Å². The molecule has 0 saturated heterocycles. The maximum atomic E-state index is 13.3. The van der Waals surface area contributed by atoms with Gasteiger partial charge in [0.2, 0.25) is 21.6 Å². The topological polar surface area (TPSA) is 74.8 Å². The zero-order chi connectivity index (χ0) is 20.2. The summed E-state index contributed by atoms with van der Waals surface area (Å²) in [5.41, 5.74) is 0.451. The predicted molar refractivity (Wildman–Crippen MR) is 106 cm³/mol. The molecule has 1 aromatic carbocycles. The van der Waals surface area contributed by atoms with Crippen molar-refractivity contribution in [2.75, 3.05) is 26.2 Å². The van der Waals surface area contributed by atoms with Gasteiger partial charge in [-0.05, 0) is 12.8 Å². The van der Waals surface area contributed by atoms with Crippen LogP contribution in [0.2, 0.25) is 0 Å². The first-order valence-corrected chi connectivity index (χ1v) is 11.0. The molecule has 0 radical (unpaired) electrons. The standard InChI is InChI=1S/C20H28N2O4S/c1-5-13-21(14-6-2)17-18(23)15-11-9-10-12-16(15)19(24)20(17)27(25,26)22(7-3)8-4/h9-12H,5-8,13-14H2,1-4H3. The molecule has 0 atom stereocenters. The monoisotopic (exact) mass is 392 g/mol. The van der Waals surface area contributed by atoms with Crippen LogP contribution in [0.15, 0.2) is 34.9 Å². The van der Waals surface area contributed by atoms with E-state index in [1.807, 2.05) is 13.8 Å². The largest absolute Gasteiger partial charge is 0.367 e. The van der Waals surface area contributed by atoms with Crippen LogP contribution >= 0.6 is 0 Å². The summed E-state index contributed by atoms with van der Waals surface area (Å²) in [5, 5.41) is 0. The van der Waals surface area contributed by atoms with Crippen molar-refractivity contribution in [1.29, 1.82) is 0 Å². The minimum absolute atomic E-state index is 0.0225. The Morgan fingerprint density at radius 1 is 0.815 bits per heavy atom. The van der Waals surface area contributed by atoms with Gasteiger partial charge < -0.3 is 4.90 Å².